The lowest BCUT2D eigenvalue weighted by Gasteiger charge is -2.09. The van der Waals surface area contributed by atoms with Crippen molar-refractivity contribution in [1.82, 2.24) is 9.13 Å². The van der Waals surface area contributed by atoms with Gasteiger partial charge in [-0.05, 0) is 6.92 Å². The maximum absolute atomic E-state index is 13.4. The number of hydrogen-bond donors (Lipinski definition) is 0. The van der Waals surface area contributed by atoms with E-state index >= 15 is 0 Å². The first kappa shape index (κ1) is 15.6. The summed E-state index contributed by atoms with van der Waals surface area (Å²) in [7, 11) is 0. The van der Waals surface area contributed by atoms with Crippen molar-refractivity contribution in [2.75, 3.05) is 6.61 Å². The van der Waals surface area contributed by atoms with Crippen molar-refractivity contribution in [3.8, 4) is 0 Å². The molecule has 9 heteroatoms. The predicted octanol–water partition coefficient (Wildman–Crippen LogP) is 0.0644. The molecule has 1 aromatic heterocycles. The monoisotopic (exact) mass is 288 g/mol. The number of rotatable bonds is 4. The van der Waals surface area contributed by atoms with Gasteiger partial charge in [0.2, 0.25) is 5.82 Å². The van der Waals surface area contributed by atoms with Crippen molar-refractivity contribution < 1.29 is 23.5 Å². The average molecular weight is 288 g/mol. The van der Waals surface area contributed by atoms with E-state index in [2.05, 4.69) is 9.47 Å². The van der Waals surface area contributed by atoms with E-state index in [1.807, 2.05) is 0 Å². The number of carbonyl (C=O) groups is 2. The molecule has 0 spiro atoms. The average Bonchev–Trinajstić information content (AvgIpc) is 2.42. The van der Waals surface area contributed by atoms with Gasteiger partial charge in [-0.25, -0.2) is 18.7 Å². The second-order valence-corrected chi connectivity index (χ2v) is 3.56. The zero-order valence-electron chi connectivity index (χ0n) is 10.9. The summed E-state index contributed by atoms with van der Waals surface area (Å²) < 4.78 is 23.1. The first-order chi connectivity index (χ1) is 9.42. The molecule has 0 saturated heterocycles. The van der Waals surface area contributed by atoms with Crippen molar-refractivity contribution >= 4 is 12.1 Å². The molecule has 0 unspecified atom stereocenters. The van der Waals surface area contributed by atoms with Gasteiger partial charge in [0.15, 0.2) is 6.73 Å². The Kier molecular flexibility index (Phi) is 5.18. The van der Waals surface area contributed by atoms with Crippen LogP contribution in [0.25, 0.3) is 0 Å². The van der Waals surface area contributed by atoms with E-state index in [1.165, 1.54) is 13.8 Å². The van der Waals surface area contributed by atoms with Crippen LogP contribution in [0.2, 0.25) is 0 Å². The van der Waals surface area contributed by atoms with Crippen molar-refractivity contribution in [3.63, 3.8) is 0 Å². The third-order valence-electron chi connectivity index (χ3n) is 2.24. The van der Waals surface area contributed by atoms with E-state index in [0.29, 0.717) is 15.3 Å². The summed E-state index contributed by atoms with van der Waals surface area (Å²) in [4.78, 5) is 45.7. The number of esters is 1. The molecule has 1 heterocycles. The molecule has 0 aliphatic carbocycles. The van der Waals surface area contributed by atoms with Crippen LogP contribution >= 0.6 is 0 Å². The fourth-order valence-corrected chi connectivity index (χ4v) is 1.25. The Labute approximate surface area is 112 Å². The Morgan fingerprint density at radius 3 is 2.45 bits per heavy atom. The third-order valence-corrected chi connectivity index (χ3v) is 2.24. The minimum atomic E-state index is -1.34. The molecule has 110 valence electrons. The molecule has 1 aromatic rings. The molecule has 0 fully saturated rings. The largest absolute Gasteiger partial charge is 0.449 e. The van der Waals surface area contributed by atoms with Gasteiger partial charge >= 0.3 is 17.8 Å². The van der Waals surface area contributed by atoms with Crippen LogP contribution in [-0.4, -0.2) is 27.8 Å². The van der Waals surface area contributed by atoms with Gasteiger partial charge in [0.05, 0.1) is 12.8 Å². The van der Waals surface area contributed by atoms with Crippen molar-refractivity contribution in [1.29, 1.82) is 0 Å². The molecule has 0 radical (unpaired) electrons. The Hall–Kier alpha value is -2.45. The van der Waals surface area contributed by atoms with Gasteiger partial charge in [-0.2, -0.15) is 4.39 Å². The van der Waals surface area contributed by atoms with E-state index in [4.69, 9.17) is 0 Å². The van der Waals surface area contributed by atoms with Gasteiger partial charge in [0.1, 0.15) is 0 Å². The van der Waals surface area contributed by atoms with Crippen LogP contribution in [0.5, 0.6) is 0 Å². The zero-order chi connectivity index (χ0) is 15.3. The summed E-state index contributed by atoms with van der Waals surface area (Å²) >= 11 is 0. The number of carbonyl (C=O) groups excluding carboxylic acids is 2. The second-order valence-electron chi connectivity index (χ2n) is 3.56. The Morgan fingerprint density at radius 2 is 1.90 bits per heavy atom. The van der Waals surface area contributed by atoms with Crippen molar-refractivity contribution in [3.05, 3.63) is 32.9 Å². The van der Waals surface area contributed by atoms with Gasteiger partial charge in [0, 0.05) is 6.42 Å². The molecule has 0 N–H and O–H groups in total. The lowest BCUT2D eigenvalue weighted by molar-refractivity contribution is -0.147. The SMILES string of the molecule is CCOC(=O)n1cc(F)c(=O)n(COC(=O)CC)c1=O. The summed E-state index contributed by atoms with van der Waals surface area (Å²) in [5, 5.41) is 0. The van der Waals surface area contributed by atoms with E-state index in [0.717, 1.165) is 0 Å². The van der Waals surface area contributed by atoms with Crippen LogP contribution in [0.4, 0.5) is 9.18 Å². The van der Waals surface area contributed by atoms with Crippen LogP contribution in [0.1, 0.15) is 20.3 Å². The maximum atomic E-state index is 13.4. The molecule has 0 bridgehead atoms. The summed E-state index contributed by atoms with van der Waals surface area (Å²) in [5.74, 6) is -2.02. The van der Waals surface area contributed by atoms with Crippen LogP contribution in [-0.2, 0) is 21.0 Å². The predicted molar refractivity (Wildman–Crippen MR) is 63.7 cm³/mol. The lowest BCUT2D eigenvalue weighted by atomic mass is 10.5. The molecular weight excluding hydrogens is 275 g/mol. The smallest absolute Gasteiger partial charge is 0.422 e. The number of aromatic nitrogens is 2. The molecule has 1 rings (SSSR count). The van der Waals surface area contributed by atoms with Crippen LogP contribution in [0.15, 0.2) is 15.8 Å². The molecule has 20 heavy (non-hydrogen) atoms. The highest BCUT2D eigenvalue weighted by molar-refractivity contribution is 5.70. The summed E-state index contributed by atoms with van der Waals surface area (Å²) in [6, 6.07) is 0. The van der Waals surface area contributed by atoms with Gasteiger partial charge < -0.3 is 9.47 Å². The quantitative estimate of drug-likeness (QED) is 0.727. The highest BCUT2D eigenvalue weighted by atomic mass is 19.1. The second kappa shape index (κ2) is 6.64. The standard InChI is InChI=1S/C11H13FN2O6/c1-3-8(15)20-6-14-9(16)7(12)5-13(10(14)17)11(18)19-4-2/h5H,3-4,6H2,1-2H3. The highest BCUT2D eigenvalue weighted by Gasteiger charge is 2.17. The van der Waals surface area contributed by atoms with Gasteiger partial charge in [-0.1, -0.05) is 6.92 Å². The fourth-order valence-electron chi connectivity index (χ4n) is 1.25. The Bertz CT molecular complexity index is 633. The fraction of sp³-hybridized carbons (Fsp3) is 0.455. The first-order valence-electron chi connectivity index (χ1n) is 5.77. The normalized spacial score (nSPS) is 10.2. The van der Waals surface area contributed by atoms with Crippen LogP contribution < -0.4 is 11.2 Å². The number of hydrogen-bond acceptors (Lipinski definition) is 6. The minimum Gasteiger partial charge on any atom is -0.449 e. The van der Waals surface area contributed by atoms with E-state index in [9.17, 15) is 23.6 Å². The minimum absolute atomic E-state index is 0.0239. The zero-order valence-corrected chi connectivity index (χ0v) is 10.9. The van der Waals surface area contributed by atoms with Crippen LogP contribution in [0, 0.1) is 5.82 Å². The molecule has 0 aliphatic heterocycles. The molecule has 0 amide bonds. The summed E-state index contributed by atoms with van der Waals surface area (Å²) in [6.07, 6.45) is -0.677. The van der Waals surface area contributed by atoms with Gasteiger partial charge in [0.25, 0.3) is 5.56 Å². The molecule has 0 aliphatic rings. The Balaban J connectivity index is 3.23. The van der Waals surface area contributed by atoms with Gasteiger partial charge in [-0.3, -0.25) is 9.59 Å². The first-order valence-corrected chi connectivity index (χ1v) is 5.77. The maximum Gasteiger partial charge on any atom is 0.422 e. The number of ether oxygens (including phenoxy) is 2. The molecular formula is C11H13FN2O6. The molecule has 0 saturated carbocycles. The lowest BCUT2D eigenvalue weighted by Crippen LogP contribution is -2.44. The van der Waals surface area contributed by atoms with Crippen molar-refractivity contribution in [2.24, 2.45) is 0 Å². The Morgan fingerprint density at radius 1 is 1.25 bits per heavy atom. The molecule has 8 nitrogen and oxygen atoms in total. The molecule has 0 aromatic carbocycles. The number of nitrogens with zero attached hydrogens (tertiary/aromatic N) is 2. The third kappa shape index (κ3) is 3.31. The number of halogens is 1. The highest BCUT2D eigenvalue weighted by Crippen LogP contribution is 1.92. The van der Waals surface area contributed by atoms with Crippen LogP contribution in [0.3, 0.4) is 0 Å². The summed E-state index contributed by atoms with van der Waals surface area (Å²) in [5.41, 5.74) is -2.45. The van der Waals surface area contributed by atoms with E-state index < -0.39 is 35.9 Å². The van der Waals surface area contributed by atoms with E-state index in [-0.39, 0.29) is 13.0 Å². The van der Waals surface area contributed by atoms with Crippen molar-refractivity contribution in [2.45, 2.75) is 27.0 Å². The van der Waals surface area contributed by atoms with E-state index in [1.54, 1.807) is 0 Å². The van der Waals surface area contributed by atoms with Gasteiger partial charge in [-0.15, -0.1) is 0 Å². The topological polar surface area (TPSA) is 96.6 Å². The molecule has 0 atom stereocenters. The summed E-state index contributed by atoms with van der Waals surface area (Å²) in [6.45, 7) is 2.20.